The second-order valence-corrected chi connectivity index (χ2v) is 5.58. The smallest absolute Gasteiger partial charge is 0.323 e. The lowest BCUT2D eigenvalue weighted by molar-refractivity contribution is -0.145. The predicted molar refractivity (Wildman–Crippen MR) is 75.4 cm³/mol. The zero-order valence-electron chi connectivity index (χ0n) is 12.6. The van der Waals surface area contributed by atoms with E-state index in [0.29, 0.717) is 18.9 Å². The number of nitrogens with one attached hydrogen (secondary N) is 1. The van der Waals surface area contributed by atoms with Crippen molar-refractivity contribution in [2.24, 2.45) is 0 Å². The minimum atomic E-state index is -0.777. The average Bonchev–Trinajstić information content (AvgIpc) is 2.38. The maximum absolute atomic E-state index is 11.4. The quantitative estimate of drug-likeness (QED) is 0.732. The first-order chi connectivity index (χ1) is 8.95. The highest BCUT2D eigenvalue weighted by Gasteiger charge is 2.34. The van der Waals surface area contributed by atoms with E-state index >= 15 is 0 Å². The molecule has 0 amide bonds. The maximum Gasteiger partial charge on any atom is 0.323 e. The van der Waals surface area contributed by atoms with Crippen molar-refractivity contribution in [2.45, 2.75) is 57.7 Å². The number of morpholine rings is 1. The molecule has 19 heavy (non-hydrogen) atoms. The minimum absolute atomic E-state index is 0.274. The van der Waals surface area contributed by atoms with Gasteiger partial charge in [-0.25, -0.2) is 0 Å². The van der Waals surface area contributed by atoms with Crippen LogP contribution >= 0.6 is 0 Å². The summed E-state index contributed by atoms with van der Waals surface area (Å²) in [6.07, 6.45) is 2.43. The van der Waals surface area contributed by atoms with E-state index in [1.807, 2.05) is 6.92 Å². The topological polar surface area (TPSA) is 61.8 Å². The normalized spacial score (nSPS) is 28.0. The van der Waals surface area contributed by atoms with E-state index in [-0.39, 0.29) is 6.10 Å². The summed E-state index contributed by atoms with van der Waals surface area (Å²) < 4.78 is 5.60. The molecule has 0 radical (unpaired) electrons. The van der Waals surface area contributed by atoms with Crippen LogP contribution in [0.4, 0.5) is 0 Å². The van der Waals surface area contributed by atoms with Crippen molar-refractivity contribution in [1.29, 1.82) is 0 Å². The fourth-order valence-corrected chi connectivity index (χ4v) is 2.71. The van der Waals surface area contributed by atoms with Crippen molar-refractivity contribution in [3.05, 3.63) is 0 Å². The molecule has 0 bridgehead atoms. The van der Waals surface area contributed by atoms with Crippen LogP contribution in [0.2, 0.25) is 0 Å². The van der Waals surface area contributed by atoms with E-state index in [1.54, 1.807) is 7.05 Å². The first-order valence-corrected chi connectivity index (χ1v) is 7.23. The summed E-state index contributed by atoms with van der Waals surface area (Å²) in [5.74, 6) is -0.749. The highest BCUT2D eigenvalue weighted by atomic mass is 16.5. The maximum atomic E-state index is 11.4. The molecule has 1 rings (SSSR count). The number of hydrogen-bond acceptors (Lipinski definition) is 4. The SMILES string of the molecule is CCC(CCCN1CC(C)OCC1C)(NC)C(=O)O. The predicted octanol–water partition coefficient (Wildman–Crippen LogP) is 1.33. The van der Waals surface area contributed by atoms with Crippen molar-refractivity contribution in [3.63, 3.8) is 0 Å². The molecule has 2 N–H and O–H groups in total. The van der Waals surface area contributed by atoms with Gasteiger partial charge in [0.05, 0.1) is 12.7 Å². The fourth-order valence-electron chi connectivity index (χ4n) is 2.71. The van der Waals surface area contributed by atoms with E-state index in [1.165, 1.54) is 0 Å². The molecule has 0 aromatic rings. The Hall–Kier alpha value is -0.650. The summed E-state index contributed by atoms with van der Waals surface area (Å²) in [5.41, 5.74) is -0.777. The summed E-state index contributed by atoms with van der Waals surface area (Å²) >= 11 is 0. The summed E-state index contributed by atoms with van der Waals surface area (Å²) in [4.78, 5) is 13.8. The van der Waals surface area contributed by atoms with Crippen LogP contribution in [0.15, 0.2) is 0 Å². The van der Waals surface area contributed by atoms with Gasteiger partial charge in [-0.05, 0) is 46.7 Å². The molecule has 1 saturated heterocycles. The van der Waals surface area contributed by atoms with Crippen LogP contribution in [0.5, 0.6) is 0 Å². The van der Waals surface area contributed by atoms with Crippen LogP contribution in [-0.2, 0) is 9.53 Å². The zero-order valence-corrected chi connectivity index (χ0v) is 12.6. The second-order valence-electron chi connectivity index (χ2n) is 5.58. The van der Waals surface area contributed by atoms with Gasteiger partial charge in [0.15, 0.2) is 0 Å². The lowest BCUT2D eigenvalue weighted by Crippen LogP contribution is -2.51. The molecule has 1 aliphatic heterocycles. The number of likely N-dealkylation sites (N-methyl/N-ethyl adjacent to an activating group) is 1. The molecule has 0 saturated carbocycles. The van der Waals surface area contributed by atoms with Crippen molar-refractivity contribution >= 4 is 5.97 Å². The Morgan fingerprint density at radius 1 is 1.53 bits per heavy atom. The zero-order chi connectivity index (χ0) is 14.5. The molecular weight excluding hydrogens is 244 g/mol. The lowest BCUT2D eigenvalue weighted by atomic mass is 9.90. The van der Waals surface area contributed by atoms with Crippen molar-refractivity contribution in [3.8, 4) is 0 Å². The number of carbonyl (C=O) groups is 1. The fraction of sp³-hybridized carbons (Fsp3) is 0.929. The molecule has 1 aliphatic rings. The summed E-state index contributed by atoms with van der Waals surface area (Å²) in [7, 11) is 1.73. The molecule has 5 nitrogen and oxygen atoms in total. The van der Waals surface area contributed by atoms with E-state index in [4.69, 9.17) is 4.74 Å². The van der Waals surface area contributed by atoms with Gasteiger partial charge in [0.2, 0.25) is 0 Å². The van der Waals surface area contributed by atoms with E-state index in [2.05, 4.69) is 24.1 Å². The van der Waals surface area contributed by atoms with Crippen LogP contribution in [0, 0.1) is 0 Å². The largest absolute Gasteiger partial charge is 0.480 e. The number of hydrogen-bond donors (Lipinski definition) is 2. The average molecular weight is 272 g/mol. The molecule has 5 heteroatoms. The Bertz CT molecular complexity index is 292. The molecule has 1 heterocycles. The first kappa shape index (κ1) is 16.4. The molecule has 112 valence electrons. The molecular formula is C14H28N2O3. The van der Waals surface area contributed by atoms with Gasteiger partial charge >= 0.3 is 5.97 Å². The van der Waals surface area contributed by atoms with E-state index in [0.717, 1.165) is 26.1 Å². The van der Waals surface area contributed by atoms with Crippen LogP contribution < -0.4 is 5.32 Å². The van der Waals surface area contributed by atoms with Crippen molar-refractivity contribution < 1.29 is 14.6 Å². The van der Waals surface area contributed by atoms with Gasteiger partial charge in [-0.2, -0.15) is 0 Å². The van der Waals surface area contributed by atoms with Gasteiger partial charge in [-0.15, -0.1) is 0 Å². The van der Waals surface area contributed by atoms with Crippen LogP contribution in [-0.4, -0.2) is 60.4 Å². The lowest BCUT2D eigenvalue weighted by Gasteiger charge is -2.37. The van der Waals surface area contributed by atoms with Gasteiger partial charge < -0.3 is 15.2 Å². The van der Waals surface area contributed by atoms with E-state index < -0.39 is 11.5 Å². The van der Waals surface area contributed by atoms with Gasteiger partial charge in [-0.1, -0.05) is 6.92 Å². The molecule has 3 unspecified atom stereocenters. The van der Waals surface area contributed by atoms with Crippen molar-refractivity contribution in [1.82, 2.24) is 10.2 Å². The Morgan fingerprint density at radius 2 is 2.21 bits per heavy atom. The van der Waals surface area contributed by atoms with Crippen molar-refractivity contribution in [2.75, 3.05) is 26.7 Å². The summed E-state index contributed by atoms with van der Waals surface area (Å²) in [6.45, 7) is 8.81. The third kappa shape index (κ3) is 4.16. The third-order valence-electron chi connectivity index (χ3n) is 4.28. The molecule has 0 aliphatic carbocycles. The number of aliphatic carboxylic acids is 1. The Morgan fingerprint density at radius 3 is 2.74 bits per heavy atom. The summed E-state index contributed by atoms with van der Waals surface area (Å²) in [5, 5.41) is 12.3. The van der Waals surface area contributed by atoms with Crippen LogP contribution in [0.1, 0.15) is 40.0 Å². The molecule has 0 aromatic heterocycles. The van der Waals surface area contributed by atoms with Gasteiger partial charge in [0.25, 0.3) is 0 Å². The number of nitrogens with zero attached hydrogens (tertiary/aromatic N) is 1. The van der Waals surface area contributed by atoms with E-state index in [9.17, 15) is 9.90 Å². The number of carboxylic acid groups (broad SMARTS) is 1. The van der Waals surface area contributed by atoms with Gasteiger partial charge in [0, 0.05) is 12.6 Å². The van der Waals surface area contributed by atoms with Crippen LogP contribution in [0.25, 0.3) is 0 Å². The monoisotopic (exact) mass is 272 g/mol. The highest BCUT2D eigenvalue weighted by Crippen LogP contribution is 2.19. The molecule has 0 spiro atoms. The number of carboxylic acids is 1. The minimum Gasteiger partial charge on any atom is -0.480 e. The highest BCUT2D eigenvalue weighted by molar-refractivity contribution is 5.78. The Kier molecular flexibility index (Phi) is 6.23. The summed E-state index contributed by atoms with van der Waals surface area (Å²) in [6, 6.07) is 0.423. The van der Waals surface area contributed by atoms with Gasteiger partial charge in [-0.3, -0.25) is 9.69 Å². The third-order valence-corrected chi connectivity index (χ3v) is 4.28. The van der Waals surface area contributed by atoms with Gasteiger partial charge in [0.1, 0.15) is 5.54 Å². The second kappa shape index (κ2) is 7.22. The first-order valence-electron chi connectivity index (χ1n) is 7.23. The number of ether oxygens (including phenoxy) is 1. The van der Waals surface area contributed by atoms with Crippen LogP contribution in [0.3, 0.4) is 0 Å². The molecule has 3 atom stereocenters. The Balaban J connectivity index is 2.45. The Labute approximate surface area is 116 Å². The molecule has 0 aromatic carbocycles. The standard InChI is InChI=1S/C14H28N2O3/c1-5-14(15-4,13(17)18)7-6-8-16-9-12(3)19-10-11(16)2/h11-12,15H,5-10H2,1-4H3,(H,17,18). The molecule has 1 fully saturated rings. The number of rotatable bonds is 7.